The Morgan fingerprint density at radius 3 is 2.29 bits per heavy atom. The zero-order valence-electron chi connectivity index (χ0n) is 13.6. The average molecular weight is 330 g/mol. The van der Waals surface area contributed by atoms with Crippen molar-refractivity contribution >= 4 is 17.3 Å². The van der Waals surface area contributed by atoms with Gasteiger partial charge in [-0.1, -0.05) is 0 Å². The lowest BCUT2D eigenvalue weighted by atomic mass is 10.1. The van der Waals surface area contributed by atoms with Gasteiger partial charge in [0.15, 0.2) is 0 Å². The maximum atomic E-state index is 12.4. The molecule has 1 N–H and O–H groups in total. The van der Waals surface area contributed by atoms with Gasteiger partial charge in [-0.05, 0) is 50.2 Å². The van der Waals surface area contributed by atoms with E-state index in [1.54, 1.807) is 24.3 Å². The van der Waals surface area contributed by atoms with Crippen molar-refractivity contribution in [1.82, 2.24) is 0 Å². The fraction of sp³-hybridized carbons (Fsp3) is 0.235. The van der Waals surface area contributed by atoms with Crippen LogP contribution in [0.3, 0.4) is 0 Å². The number of nitro groups is 1. The van der Waals surface area contributed by atoms with E-state index in [9.17, 15) is 14.9 Å². The predicted molar refractivity (Wildman–Crippen MR) is 89.8 cm³/mol. The smallest absolute Gasteiger partial charge is 0.282 e. The van der Waals surface area contributed by atoms with Crippen LogP contribution in [-0.4, -0.2) is 24.0 Å². The zero-order valence-corrected chi connectivity index (χ0v) is 13.6. The molecule has 1 amide bonds. The van der Waals surface area contributed by atoms with Gasteiger partial charge in [-0.15, -0.1) is 0 Å². The number of benzene rings is 2. The molecule has 0 aliphatic rings. The van der Waals surface area contributed by atoms with Gasteiger partial charge in [0, 0.05) is 11.8 Å². The molecule has 2 aromatic rings. The third-order valence-corrected chi connectivity index (χ3v) is 3.13. The number of ether oxygens (including phenoxy) is 2. The molecule has 0 spiro atoms. The minimum absolute atomic E-state index is 0.0462. The van der Waals surface area contributed by atoms with Gasteiger partial charge in [-0.2, -0.15) is 0 Å². The van der Waals surface area contributed by atoms with E-state index in [4.69, 9.17) is 9.47 Å². The molecule has 7 heteroatoms. The van der Waals surface area contributed by atoms with Crippen molar-refractivity contribution in [2.45, 2.75) is 20.0 Å². The molecule has 0 unspecified atom stereocenters. The number of amides is 1. The van der Waals surface area contributed by atoms with Crippen LogP contribution in [-0.2, 0) is 0 Å². The summed E-state index contributed by atoms with van der Waals surface area (Å²) in [5.41, 5.74) is 0.156. The highest BCUT2D eigenvalue weighted by atomic mass is 16.6. The molecule has 2 aromatic carbocycles. The first-order chi connectivity index (χ1) is 11.4. The van der Waals surface area contributed by atoms with Gasteiger partial charge in [0.2, 0.25) is 0 Å². The maximum absolute atomic E-state index is 12.4. The minimum Gasteiger partial charge on any atom is -0.497 e. The first-order valence-corrected chi connectivity index (χ1v) is 7.31. The van der Waals surface area contributed by atoms with E-state index in [0.29, 0.717) is 17.2 Å². The lowest BCUT2D eigenvalue weighted by Gasteiger charge is -2.11. The Morgan fingerprint density at radius 2 is 1.75 bits per heavy atom. The largest absolute Gasteiger partial charge is 0.497 e. The van der Waals surface area contributed by atoms with E-state index in [1.807, 2.05) is 13.8 Å². The topological polar surface area (TPSA) is 90.7 Å². The first kappa shape index (κ1) is 17.3. The summed E-state index contributed by atoms with van der Waals surface area (Å²) >= 11 is 0. The number of methoxy groups -OCH3 is 1. The highest BCUT2D eigenvalue weighted by molar-refractivity contribution is 6.07. The summed E-state index contributed by atoms with van der Waals surface area (Å²) in [7, 11) is 1.43. The van der Waals surface area contributed by atoms with Crippen LogP contribution in [0.1, 0.15) is 24.2 Å². The second-order valence-corrected chi connectivity index (χ2v) is 5.29. The van der Waals surface area contributed by atoms with Crippen molar-refractivity contribution in [3.05, 3.63) is 58.1 Å². The van der Waals surface area contributed by atoms with E-state index in [2.05, 4.69) is 5.32 Å². The highest BCUT2D eigenvalue weighted by Crippen LogP contribution is 2.25. The molecule has 0 radical (unpaired) electrons. The Kier molecular flexibility index (Phi) is 5.36. The van der Waals surface area contributed by atoms with Crippen LogP contribution in [0.5, 0.6) is 11.5 Å². The van der Waals surface area contributed by atoms with Crippen LogP contribution in [0, 0.1) is 10.1 Å². The molecule has 24 heavy (non-hydrogen) atoms. The number of carbonyl (C=O) groups is 1. The third-order valence-electron chi connectivity index (χ3n) is 3.13. The van der Waals surface area contributed by atoms with Gasteiger partial charge in [0.25, 0.3) is 11.6 Å². The van der Waals surface area contributed by atoms with Crippen LogP contribution in [0.2, 0.25) is 0 Å². The monoisotopic (exact) mass is 330 g/mol. The summed E-state index contributed by atoms with van der Waals surface area (Å²) in [6.45, 7) is 3.83. The highest BCUT2D eigenvalue weighted by Gasteiger charge is 2.21. The lowest BCUT2D eigenvalue weighted by molar-refractivity contribution is -0.385. The van der Waals surface area contributed by atoms with Gasteiger partial charge in [0.05, 0.1) is 18.1 Å². The molecule has 0 heterocycles. The molecule has 0 atom stereocenters. The van der Waals surface area contributed by atoms with Crippen LogP contribution < -0.4 is 14.8 Å². The molecule has 0 fully saturated rings. The Balaban J connectivity index is 2.21. The SMILES string of the molecule is COc1ccc([N+](=O)[O-])c(C(=O)Nc2ccc(OC(C)C)cc2)c1. The van der Waals surface area contributed by atoms with Gasteiger partial charge in [0.1, 0.15) is 17.1 Å². The fourth-order valence-electron chi connectivity index (χ4n) is 2.07. The second kappa shape index (κ2) is 7.45. The van der Waals surface area contributed by atoms with E-state index in [1.165, 1.54) is 25.3 Å². The number of hydrogen-bond acceptors (Lipinski definition) is 5. The van der Waals surface area contributed by atoms with Crippen molar-refractivity contribution in [2.75, 3.05) is 12.4 Å². The summed E-state index contributed by atoms with van der Waals surface area (Å²) < 4.78 is 10.5. The first-order valence-electron chi connectivity index (χ1n) is 7.31. The van der Waals surface area contributed by atoms with Crippen molar-refractivity contribution in [3.63, 3.8) is 0 Å². The Morgan fingerprint density at radius 1 is 1.12 bits per heavy atom. The summed E-state index contributed by atoms with van der Waals surface area (Å²) in [6, 6.07) is 10.8. The maximum Gasteiger partial charge on any atom is 0.282 e. The van der Waals surface area contributed by atoms with E-state index in [0.717, 1.165) is 0 Å². The molecule has 126 valence electrons. The van der Waals surface area contributed by atoms with Gasteiger partial charge >= 0.3 is 0 Å². The molecule has 7 nitrogen and oxygen atoms in total. The molecular weight excluding hydrogens is 312 g/mol. The van der Waals surface area contributed by atoms with E-state index >= 15 is 0 Å². The van der Waals surface area contributed by atoms with Gasteiger partial charge in [-0.25, -0.2) is 0 Å². The predicted octanol–water partition coefficient (Wildman–Crippen LogP) is 3.64. The van der Waals surface area contributed by atoms with Crippen LogP contribution in [0.25, 0.3) is 0 Å². The Labute approximate surface area is 139 Å². The lowest BCUT2D eigenvalue weighted by Crippen LogP contribution is -2.14. The van der Waals surface area contributed by atoms with E-state index in [-0.39, 0.29) is 17.4 Å². The molecule has 0 aliphatic carbocycles. The number of carbonyl (C=O) groups excluding carboxylic acids is 1. The minimum atomic E-state index is -0.603. The number of nitro benzene ring substituents is 1. The molecule has 2 rings (SSSR count). The van der Waals surface area contributed by atoms with Crippen molar-refractivity contribution in [3.8, 4) is 11.5 Å². The summed E-state index contributed by atoms with van der Waals surface area (Å²) in [6.07, 6.45) is 0.0462. The summed E-state index contributed by atoms with van der Waals surface area (Å²) in [5.74, 6) is 0.458. The quantitative estimate of drug-likeness (QED) is 0.645. The van der Waals surface area contributed by atoms with Gasteiger partial charge < -0.3 is 14.8 Å². The molecular formula is C17H18N2O5. The zero-order chi connectivity index (χ0) is 17.7. The van der Waals surface area contributed by atoms with E-state index < -0.39 is 10.8 Å². The molecule has 0 bridgehead atoms. The van der Waals surface area contributed by atoms with Crippen molar-refractivity contribution in [2.24, 2.45) is 0 Å². The molecule has 0 saturated carbocycles. The number of hydrogen-bond donors (Lipinski definition) is 1. The second-order valence-electron chi connectivity index (χ2n) is 5.29. The average Bonchev–Trinajstić information content (AvgIpc) is 2.55. The van der Waals surface area contributed by atoms with Gasteiger partial charge in [-0.3, -0.25) is 14.9 Å². The fourth-order valence-corrected chi connectivity index (χ4v) is 2.07. The molecule has 0 saturated heterocycles. The molecule has 0 aliphatic heterocycles. The Bertz CT molecular complexity index is 741. The number of nitrogens with zero attached hydrogens (tertiary/aromatic N) is 1. The summed E-state index contributed by atoms with van der Waals surface area (Å²) in [5, 5.41) is 13.7. The third kappa shape index (κ3) is 4.22. The van der Waals surface area contributed by atoms with Crippen LogP contribution in [0.4, 0.5) is 11.4 Å². The standard InChI is InChI=1S/C17H18N2O5/c1-11(2)24-13-6-4-12(5-7-13)18-17(20)15-10-14(23-3)8-9-16(15)19(21)22/h4-11H,1-3H3,(H,18,20). The number of nitrogens with one attached hydrogen (secondary N) is 1. The normalized spacial score (nSPS) is 10.3. The van der Waals surface area contributed by atoms with Crippen molar-refractivity contribution in [1.29, 1.82) is 0 Å². The molecule has 0 aromatic heterocycles. The number of rotatable bonds is 6. The summed E-state index contributed by atoms with van der Waals surface area (Å²) in [4.78, 5) is 22.9. The van der Waals surface area contributed by atoms with Crippen LogP contribution >= 0.6 is 0 Å². The van der Waals surface area contributed by atoms with Crippen LogP contribution in [0.15, 0.2) is 42.5 Å². The van der Waals surface area contributed by atoms with Crippen molar-refractivity contribution < 1.29 is 19.2 Å². The number of anilines is 1. The Hall–Kier alpha value is -3.09.